The third-order valence-corrected chi connectivity index (χ3v) is 6.84. The predicted octanol–water partition coefficient (Wildman–Crippen LogP) is 5.72. The summed E-state index contributed by atoms with van der Waals surface area (Å²) in [7, 11) is -3.00. The maximum atomic E-state index is 13.8. The molecule has 0 N–H and O–H groups in total. The molecule has 0 amide bonds. The van der Waals surface area contributed by atoms with E-state index in [0.717, 1.165) is 11.1 Å². The van der Waals surface area contributed by atoms with E-state index in [1.54, 1.807) is 0 Å². The van der Waals surface area contributed by atoms with Crippen LogP contribution in [0.3, 0.4) is 0 Å². The van der Waals surface area contributed by atoms with Crippen LogP contribution in [0.1, 0.15) is 38.8 Å². The molecule has 0 aromatic heterocycles. The molecule has 3 nitrogen and oxygen atoms in total. The fraction of sp³-hybridized carbons (Fsp3) is 0.400. The van der Waals surface area contributed by atoms with Crippen molar-refractivity contribution in [2.45, 2.75) is 52.5 Å². The van der Waals surface area contributed by atoms with Crippen LogP contribution in [0.15, 0.2) is 60.7 Å². The van der Waals surface area contributed by atoms with E-state index in [0.29, 0.717) is 12.8 Å². The molecule has 0 heterocycles. The van der Waals surface area contributed by atoms with Gasteiger partial charge in [0.2, 0.25) is 0 Å². The Morgan fingerprint density at radius 2 is 1.29 bits per heavy atom. The van der Waals surface area contributed by atoms with E-state index in [9.17, 15) is 4.57 Å². The quantitative estimate of drug-likeness (QED) is 0.573. The monoisotopic (exact) mass is 345 g/mol. The molecule has 2 aromatic rings. The van der Waals surface area contributed by atoms with Crippen LogP contribution in [0.25, 0.3) is 0 Å². The normalized spacial score (nSPS) is 14.3. The van der Waals surface area contributed by atoms with Crippen LogP contribution in [0.4, 0.5) is 0 Å². The zero-order chi connectivity index (χ0) is 17.6. The van der Waals surface area contributed by atoms with Crippen LogP contribution in [0, 0.1) is 0 Å². The van der Waals surface area contributed by atoms with Crippen molar-refractivity contribution >= 4 is 7.52 Å². The minimum Gasteiger partial charge on any atom is -0.312 e. The van der Waals surface area contributed by atoms with Crippen molar-refractivity contribution in [2.75, 3.05) is 0 Å². The molecule has 0 spiro atoms. The van der Waals surface area contributed by atoms with Gasteiger partial charge in [-0.2, -0.15) is 0 Å². The van der Waals surface area contributed by atoms with Crippen molar-refractivity contribution in [1.29, 1.82) is 0 Å². The zero-order valence-electron chi connectivity index (χ0n) is 15.1. The third kappa shape index (κ3) is 5.04. The molecule has 0 radical (unpaired) electrons. The smallest absolute Gasteiger partial charge is 0.277 e. The minimum absolute atomic E-state index is 0.148. The highest BCUT2D eigenvalue weighted by Crippen LogP contribution is 2.56. The average molecular weight is 345 g/mol. The lowest BCUT2D eigenvalue weighted by Crippen LogP contribution is -2.35. The molecule has 2 rings (SSSR count). The van der Waals surface area contributed by atoms with Crippen LogP contribution in [0.2, 0.25) is 0 Å². The molecule has 0 fully saturated rings. The van der Waals surface area contributed by atoms with Crippen molar-refractivity contribution in [3.8, 4) is 0 Å². The van der Waals surface area contributed by atoms with Crippen LogP contribution >= 0.6 is 7.52 Å². The Kier molecular flexibility index (Phi) is 6.79. The largest absolute Gasteiger partial charge is 0.312 e. The molecule has 24 heavy (non-hydrogen) atoms. The van der Waals surface area contributed by atoms with Crippen molar-refractivity contribution in [3.05, 3.63) is 71.8 Å². The highest BCUT2D eigenvalue weighted by atomic mass is 31.2. The van der Waals surface area contributed by atoms with Gasteiger partial charge >= 0.3 is 0 Å². The van der Waals surface area contributed by atoms with Crippen molar-refractivity contribution in [3.63, 3.8) is 0 Å². The van der Waals surface area contributed by atoms with Crippen LogP contribution in [-0.4, -0.2) is 16.8 Å². The van der Waals surface area contributed by atoms with Gasteiger partial charge in [0.1, 0.15) is 0 Å². The van der Waals surface area contributed by atoms with Crippen LogP contribution in [-0.2, 0) is 21.9 Å². The number of hydrogen-bond acceptors (Lipinski definition) is 2. The molecule has 0 aliphatic rings. The Morgan fingerprint density at radius 3 is 1.75 bits per heavy atom. The average Bonchev–Trinajstić information content (AvgIpc) is 2.54. The van der Waals surface area contributed by atoms with Gasteiger partial charge in [-0.3, -0.25) is 4.57 Å². The van der Waals surface area contributed by atoms with E-state index in [1.807, 2.05) is 65.3 Å². The number of rotatable bonds is 8. The molecule has 1 atom stereocenters. The minimum atomic E-state index is -3.00. The Balaban J connectivity index is 2.27. The number of benzene rings is 2. The van der Waals surface area contributed by atoms with E-state index >= 15 is 0 Å². The van der Waals surface area contributed by atoms with E-state index in [1.165, 1.54) is 0 Å². The first kappa shape index (κ1) is 18.9. The molecule has 1 unspecified atom stereocenters. The van der Waals surface area contributed by atoms with Gasteiger partial charge in [0, 0.05) is 12.1 Å². The van der Waals surface area contributed by atoms with E-state index in [2.05, 4.69) is 27.7 Å². The van der Waals surface area contributed by atoms with E-state index in [-0.39, 0.29) is 12.1 Å². The lowest BCUT2D eigenvalue weighted by atomic mass is 10.2. The summed E-state index contributed by atoms with van der Waals surface area (Å²) < 4.78 is 22.0. The molecule has 2 aromatic carbocycles. The Hall–Kier alpha value is -1.41. The third-order valence-electron chi connectivity index (χ3n) is 3.91. The summed E-state index contributed by atoms with van der Waals surface area (Å²) >= 11 is 0. The second-order valence-corrected chi connectivity index (χ2v) is 8.92. The summed E-state index contributed by atoms with van der Waals surface area (Å²) in [4.78, 5) is 0. The molecule has 0 aliphatic heterocycles. The first-order chi connectivity index (χ1) is 11.4. The maximum absolute atomic E-state index is 13.8. The SMILES string of the molecule is CC(C)N(C(C)C)P(=O)(Cc1ccccc1)OCc1ccccc1. The van der Waals surface area contributed by atoms with Gasteiger partial charge in [-0.25, -0.2) is 4.67 Å². The molecule has 4 heteroatoms. The van der Waals surface area contributed by atoms with Gasteiger partial charge in [0.05, 0.1) is 12.8 Å². The highest BCUT2D eigenvalue weighted by molar-refractivity contribution is 7.55. The van der Waals surface area contributed by atoms with Gasteiger partial charge in [0.25, 0.3) is 7.52 Å². The number of hydrogen-bond donors (Lipinski definition) is 0. The van der Waals surface area contributed by atoms with Gasteiger partial charge < -0.3 is 4.52 Å². The Morgan fingerprint density at radius 1 is 0.833 bits per heavy atom. The van der Waals surface area contributed by atoms with Gasteiger partial charge in [0.15, 0.2) is 0 Å². The zero-order valence-corrected chi connectivity index (χ0v) is 15.9. The lowest BCUT2D eigenvalue weighted by molar-refractivity contribution is 0.209. The first-order valence-electron chi connectivity index (χ1n) is 8.52. The summed E-state index contributed by atoms with van der Waals surface area (Å²) in [6.45, 7) is 8.65. The number of nitrogens with zero attached hydrogens (tertiary/aromatic N) is 1. The predicted molar refractivity (Wildman–Crippen MR) is 101 cm³/mol. The summed E-state index contributed by atoms with van der Waals surface area (Å²) in [5, 5.41) is 0. The summed E-state index contributed by atoms with van der Waals surface area (Å²) in [5.41, 5.74) is 2.08. The maximum Gasteiger partial charge on any atom is 0.277 e. The van der Waals surface area contributed by atoms with Crippen LogP contribution < -0.4 is 0 Å². The summed E-state index contributed by atoms with van der Waals surface area (Å²) in [6, 6.07) is 20.2. The summed E-state index contributed by atoms with van der Waals surface area (Å²) in [5.74, 6) is 0. The second-order valence-electron chi connectivity index (χ2n) is 6.61. The fourth-order valence-electron chi connectivity index (χ4n) is 3.06. The standard InChI is InChI=1S/C20H28NO2P/c1-17(2)21(18(3)4)24(22,16-20-13-9-6-10-14-20)23-15-19-11-7-5-8-12-19/h5-14,17-18H,15-16H2,1-4H3. The molecule has 0 bridgehead atoms. The van der Waals surface area contributed by atoms with Crippen LogP contribution in [0.5, 0.6) is 0 Å². The lowest BCUT2D eigenvalue weighted by Gasteiger charge is -2.37. The van der Waals surface area contributed by atoms with Gasteiger partial charge in [-0.15, -0.1) is 0 Å². The van der Waals surface area contributed by atoms with Crippen molar-refractivity contribution in [1.82, 2.24) is 4.67 Å². The molecule has 0 saturated carbocycles. The highest BCUT2D eigenvalue weighted by Gasteiger charge is 2.36. The van der Waals surface area contributed by atoms with Crippen molar-refractivity contribution in [2.24, 2.45) is 0 Å². The fourth-order valence-corrected chi connectivity index (χ4v) is 5.88. The van der Waals surface area contributed by atoms with Gasteiger partial charge in [-0.1, -0.05) is 60.7 Å². The van der Waals surface area contributed by atoms with Gasteiger partial charge in [-0.05, 0) is 38.8 Å². The molecule has 130 valence electrons. The Bertz CT molecular complexity index is 648. The summed E-state index contributed by atoms with van der Waals surface area (Å²) in [6.07, 6.45) is 0.428. The molecular formula is C20H28NO2P. The molecule has 0 saturated heterocycles. The first-order valence-corrected chi connectivity index (χ1v) is 10.3. The van der Waals surface area contributed by atoms with E-state index in [4.69, 9.17) is 4.52 Å². The molecular weight excluding hydrogens is 317 g/mol. The molecule has 0 aliphatic carbocycles. The second kappa shape index (κ2) is 8.62. The topological polar surface area (TPSA) is 29.5 Å². The Labute approximate surface area is 146 Å². The van der Waals surface area contributed by atoms with E-state index < -0.39 is 7.52 Å². The van der Waals surface area contributed by atoms with Crippen molar-refractivity contribution < 1.29 is 9.09 Å².